The fourth-order valence-electron chi connectivity index (χ4n) is 2.90. The summed E-state index contributed by atoms with van der Waals surface area (Å²) >= 11 is 0. The highest BCUT2D eigenvalue weighted by Gasteiger charge is 2.20. The van der Waals surface area contributed by atoms with Gasteiger partial charge in [0.15, 0.2) is 6.61 Å². The van der Waals surface area contributed by atoms with Crippen LogP contribution in [0.2, 0.25) is 0 Å². The van der Waals surface area contributed by atoms with Gasteiger partial charge in [0.25, 0.3) is 5.91 Å². The van der Waals surface area contributed by atoms with Crippen LogP contribution < -0.4 is 4.72 Å². The Bertz CT molecular complexity index is 918. The second-order valence-corrected chi connectivity index (χ2v) is 8.22. The summed E-state index contributed by atoms with van der Waals surface area (Å²) in [5.74, 6) is -0.513. The number of nitrogens with one attached hydrogen (secondary N) is 1. The SMILES string of the molecule is O=C(OCC(=O)N1CCCCC1)c1cccc(S(=O)(=O)NCc2ccco2)c1. The Labute approximate surface area is 163 Å². The molecule has 1 saturated heterocycles. The average molecular weight is 406 g/mol. The van der Waals surface area contributed by atoms with Crippen LogP contribution in [0.25, 0.3) is 0 Å². The van der Waals surface area contributed by atoms with Gasteiger partial charge in [0, 0.05) is 13.1 Å². The summed E-state index contributed by atoms with van der Waals surface area (Å²) in [7, 11) is -3.83. The van der Waals surface area contributed by atoms with Crippen molar-refractivity contribution in [1.29, 1.82) is 0 Å². The number of carbonyl (C=O) groups excluding carboxylic acids is 2. The van der Waals surface area contributed by atoms with Gasteiger partial charge in [0.2, 0.25) is 10.0 Å². The zero-order valence-corrected chi connectivity index (χ0v) is 16.1. The normalized spacial score (nSPS) is 14.6. The highest BCUT2D eigenvalue weighted by Crippen LogP contribution is 2.14. The van der Waals surface area contributed by atoms with Crippen LogP contribution in [0, 0.1) is 0 Å². The van der Waals surface area contributed by atoms with Gasteiger partial charge in [-0.15, -0.1) is 0 Å². The second kappa shape index (κ2) is 9.03. The first-order valence-electron chi connectivity index (χ1n) is 9.03. The van der Waals surface area contributed by atoms with Gasteiger partial charge in [-0.2, -0.15) is 0 Å². The maximum absolute atomic E-state index is 12.4. The Morgan fingerprint density at radius 3 is 2.61 bits per heavy atom. The number of piperidine rings is 1. The van der Waals surface area contributed by atoms with Gasteiger partial charge < -0.3 is 14.1 Å². The van der Waals surface area contributed by atoms with Crippen molar-refractivity contribution in [2.45, 2.75) is 30.7 Å². The molecule has 28 heavy (non-hydrogen) atoms. The number of furan rings is 1. The quantitative estimate of drug-likeness (QED) is 0.705. The monoisotopic (exact) mass is 406 g/mol. The lowest BCUT2D eigenvalue weighted by molar-refractivity contribution is -0.135. The number of rotatable bonds is 7. The molecule has 0 aliphatic carbocycles. The molecule has 2 heterocycles. The topological polar surface area (TPSA) is 106 Å². The van der Waals surface area contributed by atoms with Gasteiger partial charge in [-0.05, 0) is 49.6 Å². The van der Waals surface area contributed by atoms with Crippen LogP contribution in [-0.4, -0.2) is 44.9 Å². The van der Waals surface area contributed by atoms with Crippen molar-refractivity contribution in [3.8, 4) is 0 Å². The van der Waals surface area contributed by atoms with Crippen molar-refractivity contribution >= 4 is 21.9 Å². The summed E-state index contributed by atoms with van der Waals surface area (Å²) in [6, 6.07) is 8.79. The molecule has 0 unspecified atom stereocenters. The Morgan fingerprint density at radius 1 is 1.11 bits per heavy atom. The van der Waals surface area contributed by atoms with Gasteiger partial charge in [-0.1, -0.05) is 6.07 Å². The van der Waals surface area contributed by atoms with Crippen LogP contribution in [0.4, 0.5) is 0 Å². The zero-order chi connectivity index (χ0) is 20.0. The molecule has 1 aromatic heterocycles. The van der Waals surface area contributed by atoms with E-state index in [1.165, 1.54) is 30.5 Å². The summed E-state index contributed by atoms with van der Waals surface area (Å²) in [5.41, 5.74) is 0.0623. The highest BCUT2D eigenvalue weighted by atomic mass is 32.2. The summed E-state index contributed by atoms with van der Waals surface area (Å²) in [5, 5.41) is 0. The van der Waals surface area contributed by atoms with Gasteiger partial charge in [0.05, 0.1) is 23.3 Å². The van der Waals surface area contributed by atoms with Gasteiger partial charge in [-0.3, -0.25) is 4.79 Å². The molecule has 0 radical (unpaired) electrons. The van der Waals surface area contributed by atoms with Crippen molar-refractivity contribution < 1.29 is 27.2 Å². The average Bonchev–Trinajstić information content (AvgIpc) is 3.25. The largest absolute Gasteiger partial charge is 0.468 e. The third-order valence-electron chi connectivity index (χ3n) is 4.43. The van der Waals surface area contributed by atoms with Crippen molar-refractivity contribution in [1.82, 2.24) is 9.62 Å². The molecule has 0 bridgehead atoms. The fourth-order valence-corrected chi connectivity index (χ4v) is 3.94. The molecule has 0 spiro atoms. The van der Waals surface area contributed by atoms with E-state index in [9.17, 15) is 18.0 Å². The lowest BCUT2D eigenvalue weighted by Crippen LogP contribution is -2.38. The minimum Gasteiger partial charge on any atom is -0.468 e. The number of nitrogens with zero attached hydrogens (tertiary/aromatic N) is 1. The van der Waals surface area contributed by atoms with Gasteiger partial charge in [0.1, 0.15) is 5.76 Å². The number of hydrogen-bond donors (Lipinski definition) is 1. The minimum absolute atomic E-state index is 0.00561. The summed E-state index contributed by atoms with van der Waals surface area (Å²) in [4.78, 5) is 25.9. The molecule has 2 aromatic rings. The van der Waals surface area contributed by atoms with Crippen molar-refractivity contribution in [2.24, 2.45) is 0 Å². The van der Waals surface area contributed by atoms with E-state index in [4.69, 9.17) is 9.15 Å². The number of benzene rings is 1. The van der Waals surface area contributed by atoms with Gasteiger partial charge in [-0.25, -0.2) is 17.9 Å². The van der Waals surface area contributed by atoms with Crippen LogP contribution in [0.1, 0.15) is 35.4 Å². The molecule has 8 nitrogen and oxygen atoms in total. The summed E-state index contributed by atoms with van der Waals surface area (Å²) in [6.07, 6.45) is 4.44. The fraction of sp³-hybridized carbons (Fsp3) is 0.368. The van der Waals surface area contributed by atoms with E-state index in [0.717, 1.165) is 19.3 Å². The van der Waals surface area contributed by atoms with E-state index in [2.05, 4.69) is 4.72 Å². The molecule has 0 saturated carbocycles. The number of sulfonamides is 1. The van der Waals surface area contributed by atoms with Crippen LogP contribution >= 0.6 is 0 Å². The molecule has 1 aliphatic heterocycles. The van der Waals surface area contributed by atoms with E-state index in [0.29, 0.717) is 18.8 Å². The van der Waals surface area contributed by atoms with E-state index in [-0.39, 0.29) is 29.5 Å². The molecular formula is C19H22N2O6S. The van der Waals surface area contributed by atoms with E-state index in [1.54, 1.807) is 17.0 Å². The maximum atomic E-state index is 12.4. The summed E-state index contributed by atoms with van der Waals surface area (Å²) in [6.45, 7) is 0.984. The minimum atomic E-state index is -3.83. The van der Waals surface area contributed by atoms with Crippen LogP contribution in [-0.2, 0) is 26.1 Å². The number of likely N-dealkylation sites (tertiary alicyclic amines) is 1. The maximum Gasteiger partial charge on any atom is 0.338 e. The first-order valence-corrected chi connectivity index (χ1v) is 10.5. The molecule has 3 rings (SSSR count). The van der Waals surface area contributed by atoms with Crippen LogP contribution in [0.5, 0.6) is 0 Å². The molecule has 1 N–H and O–H groups in total. The lowest BCUT2D eigenvalue weighted by Gasteiger charge is -2.26. The molecular weight excluding hydrogens is 384 g/mol. The molecule has 0 atom stereocenters. The standard InChI is InChI=1S/C19H22N2O6S/c22-18(21-9-2-1-3-10-21)14-27-19(23)15-6-4-8-17(12-15)28(24,25)20-13-16-7-5-11-26-16/h4-8,11-12,20H,1-3,9-10,13-14H2. The first-order chi connectivity index (χ1) is 13.5. The molecule has 1 amide bonds. The number of hydrogen-bond acceptors (Lipinski definition) is 6. The molecule has 1 fully saturated rings. The number of esters is 1. The lowest BCUT2D eigenvalue weighted by atomic mass is 10.1. The smallest absolute Gasteiger partial charge is 0.338 e. The number of amides is 1. The first kappa shape index (κ1) is 20.1. The van der Waals surface area contributed by atoms with Crippen molar-refractivity contribution in [2.75, 3.05) is 19.7 Å². The Morgan fingerprint density at radius 2 is 1.89 bits per heavy atom. The Kier molecular flexibility index (Phi) is 6.48. The van der Waals surface area contributed by atoms with E-state index >= 15 is 0 Å². The Balaban J connectivity index is 1.59. The van der Waals surface area contributed by atoms with Crippen molar-refractivity contribution in [3.63, 3.8) is 0 Å². The van der Waals surface area contributed by atoms with Crippen LogP contribution in [0.15, 0.2) is 52.0 Å². The number of ether oxygens (including phenoxy) is 1. The zero-order valence-electron chi connectivity index (χ0n) is 15.3. The second-order valence-electron chi connectivity index (χ2n) is 6.45. The predicted octanol–water partition coefficient (Wildman–Crippen LogP) is 1.93. The highest BCUT2D eigenvalue weighted by molar-refractivity contribution is 7.89. The third kappa shape index (κ3) is 5.20. The predicted molar refractivity (Wildman–Crippen MR) is 99.9 cm³/mol. The van der Waals surface area contributed by atoms with E-state index < -0.39 is 16.0 Å². The van der Waals surface area contributed by atoms with Gasteiger partial charge >= 0.3 is 5.97 Å². The Hall–Kier alpha value is -2.65. The van der Waals surface area contributed by atoms with Crippen LogP contribution in [0.3, 0.4) is 0 Å². The van der Waals surface area contributed by atoms with E-state index in [1.807, 2.05) is 0 Å². The molecule has 150 valence electrons. The third-order valence-corrected chi connectivity index (χ3v) is 5.83. The molecule has 9 heteroatoms. The molecule has 1 aliphatic rings. The summed E-state index contributed by atoms with van der Waals surface area (Å²) < 4.78 is 37.4. The van der Waals surface area contributed by atoms with Crippen molar-refractivity contribution in [3.05, 3.63) is 54.0 Å². The molecule has 1 aromatic carbocycles. The number of carbonyl (C=O) groups is 2.